The molecule has 1 aliphatic carbocycles. The number of rotatable bonds is 13. The molecule has 2 amide bonds. The van der Waals surface area contributed by atoms with Crippen LogP contribution in [0.3, 0.4) is 0 Å². The standard InChI is InChI=1S/C28H36N2O5/c1-3-9-25(27(32)33)30-26(31)15-14-19(4-2)16-17-29-28(34)35-18-24-22-12-7-5-10-20(22)21-11-6-8-13-23(21)24/h5-8,10-13,19,24-25H,3-4,9,14-18H2,1-2H3,(H,29,34)(H,30,31)(H,32,33)/t19?,25-/m1/s1. The molecule has 35 heavy (non-hydrogen) atoms. The van der Waals surface area contributed by atoms with Crippen LogP contribution in [0.5, 0.6) is 0 Å². The Hall–Kier alpha value is -3.35. The van der Waals surface area contributed by atoms with Gasteiger partial charge < -0.3 is 20.5 Å². The van der Waals surface area contributed by atoms with E-state index in [2.05, 4.69) is 34.9 Å². The first-order valence-electron chi connectivity index (χ1n) is 12.6. The number of carboxylic acids is 1. The summed E-state index contributed by atoms with van der Waals surface area (Å²) >= 11 is 0. The van der Waals surface area contributed by atoms with E-state index in [1.54, 1.807) is 0 Å². The van der Waals surface area contributed by atoms with Crippen LogP contribution in [0.25, 0.3) is 11.1 Å². The van der Waals surface area contributed by atoms with Gasteiger partial charge in [-0.15, -0.1) is 0 Å². The second kappa shape index (κ2) is 12.9. The quantitative estimate of drug-likeness (QED) is 0.370. The van der Waals surface area contributed by atoms with Gasteiger partial charge >= 0.3 is 12.1 Å². The number of hydrogen-bond acceptors (Lipinski definition) is 4. The fourth-order valence-corrected chi connectivity index (χ4v) is 4.73. The lowest BCUT2D eigenvalue weighted by atomic mass is 9.96. The number of benzene rings is 2. The van der Waals surface area contributed by atoms with E-state index < -0.39 is 18.1 Å². The van der Waals surface area contributed by atoms with Crippen molar-refractivity contribution < 1.29 is 24.2 Å². The van der Waals surface area contributed by atoms with E-state index in [1.165, 1.54) is 22.3 Å². The van der Waals surface area contributed by atoms with Crippen LogP contribution in [0.1, 0.15) is 69.4 Å². The second-order valence-electron chi connectivity index (χ2n) is 9.10. The summed E-state index contributed by atoms with van der Waals surface area (Å²) in [5.74, 6) is -0.963. The summed E-state index contributed by atoms with van der Waals surface area (Å²) in [7, 11) is 0. The van der Waals surface area contributed by atoms with Gasteiger partial charge in [0.15, 0.2) is 0 Å². The molecule has 7 nitrogen and oxygen atoms in total. The number of aliphatic carboxylic acids is 1. The molecule has 2 aromatic carbocycles. The lowest BCUT2D eigenvalue weighted by molar-refractivity contribution is -0.142. The number of carboxylic acid groups (broad SMARTS) is 1. The second-order valence-corrected chi connectivity index (χ2v) is 9.10. The van der Waals surface area contributed by atoms with Crippen LogP contribution in [0.4, 0.5) is 4.79 Å². The maximum atomic E-state index is 12.4. The fraction of sp³-hybridized carbons (Fsp3) is 0.464. The summed E-state index contributed by atoms with van der Waals surface area (Å²) in [6.07, 6.45) is 3.19. The van der Waals surface area contributed by atoms with Gasteiger partial charge in [-0.05, 0) is 47.4 Å². The van der Waals surface area contributed by atoms with Gasteiger partial charge in [0.05, 0.1) is 0 Å². The highest BCUT2D eigenvalue weighted by Gasteiger charge is 2.29. The minimum Gasteiger partial charge on any atom is -0.480 e. The molecule has 0 saturated carbocycles. The predicted octanol–water partition coefficient (Wildman–Crippen LogP) is 5.09. The van der Waals surface area contributed by atoms with Gasteiger partial charge in [0, 0.05) is 18.9 Å². The van der Waals surface area contributed by atoms with Crippen LogP contribution >= 0.6 is 0 Å². The topological polar surface area (TPSA) is 105 Å². The Morgan fingerprint density at radius 2 is 1.57 bits per heavy atom. The Morgan fingerprint density at radius 1 is 0.943 bits per heavy atom. The lowest BCUT2D eigenvalue weighted by Crippen LogP contribution is -2.40. The largest absolute Gasteiger partial charge is 0.480 e. The van der Waals surface area contributed by atoms with E-state index >= 15 is 0 Å². The van der Waals surface area contributed by atoms with Gasteiger partial charge in [0.1, 0.15) is 12.6 Å². The molecule has 0 aromatic heterocycles. The third kappa shape index (κ3) is 7.07. The van der Waals surface area contributed by atoms with Crippen molar-refractivity contribution in [3.05, 3.63) is 59.7 Å². The molecule has 2 aromatic rings. The van der Waals surface area contributed by atoms with Crippen molar-refractivity contribution in [1.82, 2.24) is 10.6 Å². The van der Waals surface area contributed by atoms with Crippen molar-refractivity contribution in [3.63, 3.8) is 0 Å². The van der Waals surface area contributed by atoms with Crippen molar-refractivity contribution in [1.29, 1.82) is 0 Å². The molecule has 1 unspecified atom stereocenters. The average molecular weight is 481 g/mol. The van der Waals surface area contributed by atoms with Crippen LogP contribution in [0.15, 0.2) is 48.5 Å². The molecule has 3 rings (SSSR count). The first kappa shape index (κ1) is 26.3. The maximum absolute atomic E-state index is 12.4. The van der Waals surface area contributed by atoms with E-state index in [9.17, 15) is 19.5 Å². The molecule has 3 N–H and O–H groups in total. The molecular formula is C28H36N2O5. The zero-order valence-corrected chi connectivity index (χ0v) is 20.6. The van der Waals surface area contributed by atoms with Gasteiger partial charge in [-0.1, -0.05) is 75.2 Å². The molecule has 0 radical (unpaired) electrons. The number of fused-ring (bicyclic) bond motifs is 3. The highest BCUT2D eigenvalue weighted by atomic mass is 16.5. The molecule has 0 spiro atoms. The Bertz CT molecular complexity index is 976. The summed E-state index contributed by atoms with van der Waals surface area (Å²) in [6.45, 7) is 4.68. The summed E-state index contributed by atoms with van der Waals surface area (Å²) < 4.78 is 5.57. The molecule has 0 heterocycles. The van der Waals surface area contributed by atoms with E-state index in [4.69, 9.17) is 4.74 Å². The molecule has 0 fully saturated rings. The normalized spacial score (nSPS) is 13.9. The Kier molecular flexibility index (Phi) is 9.70. The molecule has 0 saturated heterocycles. The van der Waals surface area contributed by atoms with Gasteiger partial charge in [-0.3, -0.25) is 4.79 Å². The summed E-state index contributed by atoms with van der Waals surface area (Å²) in [6, 6.07) is 15.6. The zero-order chi connectivity index (χ0) is 25.2. The average Bonchev–Trinajstić information content (AvgIpc) is 3.18. The summed E-state index contributed by atoms with van der Waals surface area (Å²) in [5, 5.41) is 14.6. The van der Waals surface area contributed by atoms with E-state index in [0.717, 1.165) is 12.8 Å². The van der Waals surface area contributed by atoms with E-state index in [0.29, 0.717) is 25.8 Å². The van der Waals surface area contributed by atoms with Crippen LogP contribution < -0.4 is 10.6 Å². The monoisotopic (exact) mass is 480 g/mol. The number of nitrogens with one attached hydrogen (secondary N) is 2. The molecule has 188 valence electrons. The molecular weight excluding hydrogens is 444 g/mol. The highest BCUT2D eigenvalue weighted by molar-refractivity contribution is 5.83. The van der Waals surface area contributed by atoms with Gasteiger partial charge in [-0.25, -0.2) is 9.59 Å². The Balaban J connectivity index is 1.41. The first-order valence-corrected chi connectivity index (χ1v) is 12.6. The minimum atomic E-state index is -1.00. The van der Waals surface area contributed by atoms with E-state index in [-0.39, 0.29) is 30.8 Å². The van der Waals surface area contributed by atoms with Gasteiger partial charge in [-0.2, -0.15) is 0 Å². The smallest absolute Gasteiger partial charge is 0.407 e. The van der Waals surface area contributed by atoms with Crippen molar-refractivity contribution in [2.75, 3.05) is 13.2 Å². The molecule has 0 bridgehead atoms. The Labute approximate surface area is 207 Å². The molecule has 0 aliphatic heterocycles. The zero-order valence-electron chi connectivity index (χ0n) is 20.6. The predicted molar refractivity (Wildman–Crippen MR) is 135 cm³/mol. The van der Waals surface area contributed by atoms with Crippen molar-refractivity contribution >= 4 is 18.0 Å². The Morgan fingerprint density at radius 3 is 2.14 bits per heavy atom. The maximum Gasteiger partial charge on any atom is 0.407 e. The highest BCUT2D eigenvalue weighted by Crippen LogP contribution is 2.44. The molecule has 2 atom stereocenters. The van der Waals surface area contributed by atoms with Gasteiger partial charge in [0.2, 0.25) is 5.91 Å². The van der Waals surface area contributed by atoms with Crippen molar-refractivity contribution in [2.45, 2.75) is 64.3 Å². The van der Waals surface area contributed by atoms with Crippen LogP contribution in [-0.4, -0.2) is 42.3 Å². The molecule has 1 aliphatic rings. The number of carbonyl (C=O) groups excluding carboxylic acids is 2. The minimum absolute atomic E-state index is 0.0254. The van der Waals surface area contributed by atoms with Crippen molar-refractivity contribution in [2.24, 2.45) is 5.92 Å². The van der Waals surface area contributed by atoms with Crippen LogP contribution in [-0.2, 0) is 14.3 Å². The third-order valence-electron chi connectivity index (χ3n) is 6.73. The van der Waals surface area contributed by atoms with Gasteiger partial charge in [0.25, 0.3) is 0 Å². The summed E-state index contributed by atoms with van der Waals surface area (Å²) in [4.78, 5) is 35.7. The summed E-state index contributed by atoms with van der Waals surface area (Å²) in [5.41, 5.74) is 4.73. The number of alkyl carbamates (subject to hydrolysis) is 1. The van der Waals surface area contributed by atoms with Crippen molar-refractivity contribution in [3.8, 4) is 11.1 Å². The molecule has 7 heteroatoms. The fourth-order valence-electron chi connectivity index (χ4n) is 4.73. The third-order valence-corrected chi connectivity index (χ3v) is 6.73. The number of hydrogen-bond donors (Lipinski definition) is 3. The number of ether oxygens (including phenoxy) is 1. The SMILES string of the molecule is CCC[C@@H](NC(=O)CCC(CC)CCNC(=O)OCC1c2ccccc2-c2ccccc21)C(=O)O. The number of carbonyl (C=O) groups is 3. The van der Waals surface area contributed by atoms with Crippen LogP contribution in [0.2, 0.25) is 0 Å². The van der Waals surface area contributed by atoms with Crippen LogP contribution in [0, 0.1) is 5.92 Å². The number of amides is 2. The van der Waals surface area contributed by atoms with E-state index in [1.807, 2.05) is 38.1 Å². The lowest BCUT2D eigenvalue weighted by Gasteiger charge is -2.18. The first-order chi connectivity index (χ1) is 16.9.